The van der Waals surface area contributed by atoms with E-state index in [2.05, 4.69) is 70.7 Å². The number of carbonyl (C=O) groups is 1. The highest BCUT2D eigenvalue weighted by atomic mass is 16.1. The van der Waals surface area contributed by atoms with Crippen molar-refractivity contribution in [3.8, 4) is 0 Å². The van der Waals surface area contributed by atoms with E-state index in [1.54, 1.807) is 6.20 Å². The van der Waals surface area contributed by atoms with Crippen molar-refractivity contribution >= 4 is 5.91 Å². The van der Waals surface area contributed by atoms with Crippen molar-refractivity contribution in [2.75, 3.05) is 13.1 Å². The molecule has 1 aromatic heterocycles. The van der Waals surface area contributed by atoms with E-state index in [0.717, 1.165) is 44.6 Å². The van der Waals surface area contributed by atoms with Gasteiger partial charge in [-0.05, 0) is 49.5 Å². The first-order valence-electron chi connectivity index (χ1n) is 10.7. The summed E-state index contributed by atoms with van der Waals surface area (Å²) in [5.74, 6) is 0.312. The van der Waals surface area contributed by atoms with E-state index in [4.69, 9.17) is 0 Å². The maximum absolute atomic E-state index is 12.6. The molecule has 1 fully saturated rings. The Labute approximate surface area is 178 Å². The summed E-state index contributed by atoms with van der Waals surface area (Å²) in [6.07, 6.45) is 7.43. The Kier molecular flexibility index (Phi) is 6.60. The predicted molar refractivity (Wildman–Crippen MR) is 119 cm³/mol. The van der Waals surface area contributed by atoms with Crippen molar-refractivity contribution < 1.29 is 4.79 Å². The van der Waals surface area contributed by atoms with Crippen LogP contribution in [0.4, 0.5) is 0 Å². The first-order chi connectivity index (χ1) is 14.7. The monoisotopic (exact) mass is 402 g/mol. The Morgan fingerprint density at radius 2 is 1.60 bits per heavy atom. The van der Waals surface area contributed by atoms with Crippen molar-refractivity contribution in [3.05, 3.63) is 89.5 Å². The number of rotatable bonds is 7. The van der Waals surface area contributed by atoms with Gasteiger partial charge in [0.05, 0.1) is 6.33 Å². The molecule has 0 aliphatic carbocycles. The van der Waals surface area contributed by atoms with Crippen molar-refractivity contribution in [2.45, 2.75) is 39.4 Å². The summed E-state index contributed by atoms with van der Waals surface area (Å²) in [5.41, 5.74) is 5.00. The summed E-state index contributed by atoms with van der Waals surface area (Å²) in [4.78, 5) is 19.1. The fourth-order valence-corrected chi connectivity index (χ4v) is 3.99. The lowest BCUT2D eigenvalue weighted by molar-refractivity contribution is -0.126. The van der Waals surface area contributed by atoms with E-state index in [0.29, 0.717) is 6.54 Å². The van der Waals surface area contributed by atoms with Gasteiger partial charge in [-0.3, -0.25) is 9.69 Å². The second-order valence-electron chi connectivity index (χ2n) is 8.31. The second-order valence-corrected chi connectivity index (χ2v) is 8.31. The minimum atomic E-state index is 0.125. The zero-order chi connectivity index (χ0) is 20.8. The Morgan fingerprint density at radius 1 is 0.967 bits per heavy atom. The molecule has 1 aliphatic rings. The minimum Gasteiger partial charge on any atom is -0.352 e. The van der Waals surface area contributed by atoms with Crippen molar-refractivity contribution in [1.82, 2.24) is 19.8 Å². The molecule has 5 nitrogen and oxygen atoms in total. The van der Waals surface area contributed by atoms with Crippen LogP contribution in [0.1, 0.15) is 35.1 Å². The highest BCUT2D eigenvalue weighted by Crippen LogP contribution is 2.19. The maximum Gasteiger partial charge on any atom is 0.223 e. The van der Waals surface area contributed by atoms with Crippen LogP contribution < -0.4 is 5.32 Å². The summed E-state index contributed by atoms with van der Waals surface area (Å²) < 4.78 is 2.04. The highest BCUT2D eigenvalue weighted by Gasteiger charge is 2.24. The number of nitrogens with zero attached hydrogens (tertiary/aromatic N) is 3. The number of nitrogens with one attached hydrogen (secondary N) is 1. The standard InChI is InChI=1S/C25H30N4O/c1-20-2-4-22(5-3-20)17-28-13-10-24(11-14-28)25(30)27-16-21-6-8-23(9-7-21)18-29-15-12-26-19-29/h2-9,12,15,19,24H,10-11,13-14,16-18H2,1H3,(H,27,30). The lowest BCUT2D eigenvalue weighted by Gasteiger charge is -2.31. The maximum atomic E-state index is 12.6. The van der Waals surface area contributed by atoms with Crippen molar-refractivity contribution in [2.24, 2.45) is 5.92 Å². The molecule has 1 amide bonds. The first kappa shape index (κ1) is 20.4. The summed E-state index contributed by atoms with van der Waals surface area (Å²) in [7, 11) is 0. The molecule has 30 heavy (non-hydrogen) atoms. The molecule has 2 heterocycles. The predicted octanol–water partition coefficient (Wildman–Crippen LogP) is 3.77. The van der Waals surface area contributed by atoms with Crippen LogP contribution in [0.3, 0.4) is 0 Å². The van der Waals surface area contributed by atoms with E-state index in [9.17, 15) is 4.79 Å². The number of likely N-dealkylation sites (tertiary alicyclic amines) is 1. The fourth-order valence-electron chi connectivity index (χ4n) is 3.99. The van der Waals surface area contributed by atoms with E-state index < -0.39 is 0 Å². The molecule has 0 atom stereocenters. The van der Waals surface area contributed by atoms with Crippen molar-refractivity contribution in [1.29, 1.82) is 0 Å². The summed E-state index contributed by atoms with van der Waals surface area (Å²) in [5, 5.41) is 3.13. The number of carbonyl (C=O) groups excluding carboxylic acids is 1. The number of aryl methyl sites for hydroxylation is 1. The van der Waals surface area contributed by atoms with Crippen LogP contribution in [0.25, 0.3) is 0 Å². The molecular formula is C25H30N4O. The Bertz CT molecular complexity index is 924. The largest absolute Gasteiger partial charge is 0.352 e. The number of hydrogen-bond donors (Lipinski definition) is 1. The van der Waals surface area contributed by atoms with Gasteiger partial charge in [-0.15, -0.1) is 0 Å². The molecular weight excluding hydrogens is 372 g/mol. The zero-order valence-corrected chi connectivity index (χ0v) is 17.6. The van der Waals surface area contributed by atoms with Crippen LogP contribution in [0, 0.1) is 12.8 Å². The molecule has 3 aromatic rings. The van der Waals surface area contributed by atoms with Gasteiger partial charge in [-0.1, -0.05) is 54.1 Å². The summed E-state index contributed by atoms with van der Waals surface area (Å²) in [6, 6.07) is 17.2. The number of imidazole rings is 1. The van der Waals surface area contributed by atoms with Crippen LogP contribution >= 0.6 is 0 Å². The molecule has 0 spiro atoms. The summed E-state index contributed by atoms with van der Waals surface area (Å²) in [6.45, 7) is 6.45. The first-order valence-corrected chi connectivity index (χ1v) is 10.7. The third kappa shape index (κ3) is 5.57. The number of benzene rings is 2. The highest BCUT2D eigenvalue weighted by molar-refractivity contribution is 5.78. The van der Waals surface area contributed by atoms with Crippen LogP contribution in [-0.4, -0.2) is 33.4 Å². The lowest BCUT2D eigenvalue weighted by Crippen LogP contribution is -2.40. The minimum absolute atomic E-state index is 0.125. The molecule has 0 saturated carbocycles. The number of hydrogen-bond acceptors (Lipinski definition) is 3. The molecule has 1 aliphatic heterocycles. The smallest absolute Gasteiger partial charge is 0.223 e. The molecule has 1 N–H and O–H groups in total. The van der Waals surface area contributed by atoms with E-state index >= 15 is 0 Å². The Morgan fingerprint density at radius 3 is 2.27 bits per heavy atom. The molecule has 4 rings (SSSR count). The van der Waals surface area contributed by atoms with Crippen molar-refractivity contribution in [3.63, 3.8) is 0 Å². The quantitative estimate of drug-likeness (QED) is 0.655. The van der Waals surface area contributed by atoms with Gasteiger partial charge in [-0.25, -0.2) is 4.98 Å². The Balaban J connectivity index is 1.20. The molecule has 2 aromatic carbocycles. The number of aromatic nitrogens is 2. The van der Waals surface area contributed by atoms with E-state index in [-0.39, 0.29) is 11.8 Å². The summed E-state index contributed by atoms with van der Waals surface area (Å²) >= 11 is 0. The average molecular weight is 403 g/mol. The number of amides is 1. The fraction of sp³-hybridized carbons (Fsp3) is 0.360. The average Bonchev–Trinajstić information content (AvgIpc) is 3.28. The van der Waals surface area contributed by atoms with Gasteiger partial charge in [0.25, 0.3) is 0 Å². The third-order valence-corrected chi connectivity index (χ3v) is 5.90. The van der Waals surface area contributed by atoms with Gasteiger partial charge in [0.15, 0.2) is 0 Å². The van der Waals surface area contributed by atoms with Gasteiger partial charge in [0, 0.05) is 37.9 Å². The topological polar surface area (TPSA) is 50.2 Å². The van der Waals surface area contributed by atoms with Gasteiger partial charge in [0.1, 0.15) is 0 Å². The normalized spacial score (nSPS) is 15.2. The molecule has 5 heteroatoms. The molecule has 0 bridgehead atoms. The van der Waals surface area contributed by atoms with E-state index in [1.165, 1.54) is 16.7 Å². The van der Waals surface area contributed by atoms with Gasteiger partial charge in [-0.2, -0.15) is 0 Å². The second kappa shape index (κ2) is 9.72. The molecule has 0 radical (unpaired) electrons. The number of piperidine rings is 1. The van der Waals surface area contributed by atoms with Crippen LogP contribution in [0.2, 0.25) is 0 Å². The SMILES string of the molecule is Cc1ccc(CN2CCC(C(=O)NCc3ccc(Cn4ccnc4)cc3)CC2)cc1. The molecule has 156 valence electrons. The zero-order valence-electron chi connectivity index (χ0n) is 17.6. The third-order valence-electron chi connectivity index (χ3n) is 5.90. The van der Waals surface area contributed by atoms with Crippen LogP contribution in [0.5, 0.6) is 0 Å². The van der Waals surface area contributed by atoms with E-state index in [1.807, 2.05) is 17.1 Å². The lowest BCUT2D eigenvalue weighted by atomic mass is 9.95. The van der Waals surface area contributed by atoms with Crippen LogP contribution in [0.15, 0.2) is 67.3 Å². The van der Waals surface area contributed by atoms with Gasteiger partial charge >= 0.3 is 0 Å². The molecule has 0 unspecified atom stereocenters. The van der Waals surface area contributed by atoms with Gasteiger partial charge < -0.3 is 9.88 Å². The van der Waals surface area contributed by atoms with Crippen LogP contribution in [-0.2, 0) is 24.4 Å². The van der Waals surface area contributed by atoms with Gasteiger partial charge in [0.2, 0.25) is 5.91 Å². The molecule has 1 saturated heterocycles. The Hall–Kier alpha value is -2.92.